The van der Waals surface area contributed by atoms with Gasteiger partial charge in [0, 0.05) is 13.2 Å². The van der Waals surface area contributed by atoms with Crippen molar-refractivity contribution in [3.63, 3.8) is 0 Å². The van der Waals surface area contributed by atoms with E-state index >= 15 is 0 Å². The van der Waals surface area contributed by atoms with Crippen molar-refractivity contribution in [1.82, 2.24) is 0 Å². The summed E-state index contributed by atoms with van der Waals surface area (Å²) in [7, 11) is 0. The Hall–Kier alpha value is -0.930. The average Bonchev–Trinajstić information content (AvgIpc) is 2.32. The van der Waals surface area contributed by atoms with Crippen molar-refractivity contribution < 1.29 is 9.47 Å². The van der Waals surface area contributed by atoms with Crippen molar-refractivity contribution >= 4 is 17.3 Å². The third-order valence-corrected chi connectivity index (χ3v) is 3.16. The second-order valence-corrected chi connectivity index (χ2v) is 4.43. The average molecular weight is 242 g/mol. The molecule has 0 bridgehead atoms. The largest absolute Gasteiger partial charge is 0.491 e. The zero-order valence-electron chi connectivity index (χ0n) is 9.12. The monoisotopic (exact) mass is 241 g/mol. The Morgan fingerprint density at radius 3 is 2.88 bits per heavy atom. The zero-order chi connectivity index (χ0) is 11.4. The quantitative estimate of drug-likeness (QED) is 0.828. The first-order valence-electron chi connectivity index (χ1n) is 5.52. The van der Waals surface area contributed by atoms with Gasteiger partial charge in [0.05, 0.1) is 17.3 Å². The number of hydrogen-bond donors (Lipinski definition) is 1. The van der Waals surface area contributed by atoms with Crippen LogP contribution >= 0.6 is 11.6 Å². The topological polar surface area (TPSA) is 44.5 Å². The number of halogens is 1. The Balaban J connectivity index is 1.91. The van der Waals surface area contributed by atoms with Gasteiger partial charge in [-0.1, -0.05) is 17.7 Å². The number of ether oxygens (including phenoxy) is 2. The number of nitrogens with two attached hydrogens (primary N) is 1. The Kier molecular flexibility index (Phi) is 3.91. The molecule has 0 aliphatic carbocycles. The summed E-state index contributed by atoms with van der Waals surface area (Å²) in [6.07, 6.45) is 2.11. The van der Waals surface area contributed by atoms with E-state index in [9.17, 15) is 0 Å². The summed E-state index contributed by atoms with van der Waals surface area (Å²) in [5.41, 5.74) is 6.34. The molecule has 0 saturated carbocycles. The molecular weight excluding hydrogens is 226 g/mol. The third kappa shape index (κ3) is 2.80. The molecule has 1 fully saturated rings. The van der Waals surface area contributed by atoms with Crippen molar-refractivity contribution in [2.75, 3.05) is 25.6 Å². The van der Waals surface area contributed by atoms with E-state index in [1.165, 1.54) is 0 Å². The first-order chi connectivity index (χ1) is 7.77. The van der Waals surface area contributed by atoms with Gasteiger partial charge < -0.3 is 15.2 Å². The molecule has 4 heteroatoms. The lowest BCUT2D eigenvalue weighted by Crippen LogP contribution is -2.21. The number of rotatable bonds is 3. The summed E-state index contributed by atoms with van der Waals surface area (Å²) >= 11 is 5.91. The van der Waals surface area contributed by atoms with Crippen LogP contribution in [0.4, 0.5) is 5.69 Å². The van der Waals surface area contributed by atoms with Gasteiger partial charge in [0.1, 0.15) is 5.75 Å². The lowest BCUT2D eigenvalue weighted by Gasteiger charge is -2.22. The highest BCUT2D eigenvalue weighted by Crippen LogP contribution is 2.29. The van der Waals surface area contributed by atoms with Crippen molar-refractivity contribution in [1.29, 1.82) is 0 Å². The van der Waals surface area contributed by atoms with E-state index in [2.05, 4.69) is 0 Å². The molecule has 0 atom stereocenters. The molecule has 0 unspecified atom stereocenters. The molecule has 0 spiro atoms. The van der Waals surface area contributed by atoms with Crippen LogP contribution in [0.15, 0.2) is 18.2 Å². The minimum absolute atomic E-state index is 0.524. The summed E-state index contributed by atoms with van der Waals surface area (Å²) in [5.74, 6) is 1.24. The number of nitrogen functional groups attached to an aromatic ring is 1. The number of hydrogen-bond acceptors (Lipinski definition) is 3. The van der Waals surface area contributed by atoms with Crippen LogP contribution in [0.25, 0.3) is 0 Å². The normalized spacial score (nSPS) is 17.3. The van der Waals surface area contributed by atoms with Gasteiger partial charge in [-0.3, -0.25) is 0 Å². The highest BCUT2D eigenvalue weighted by Gasteiger charge is 2.15. The molecule has 1 aliphatic rings. The van der Waals surface area contributed by atoms with Gasteiger partial charge in [0.25, 0.3) is 0 Å². The van der Waals surface area contributed by atoms with E-state index in [1.54, 1.807) is 6.07 Å². The minimum atomic E-state index is 0.524. The standard InChI is InChI=1S/C12H16ClNO2/c13-10-2-1-3-11(12(10)14)16-8-9-4-6-15-7-5-9/h1-3,9H,4-8,14H2. The maximum absolute atomic E-state index is 5.91. The summed E-state index contributed by atoms with van der Waals surface area (Å²) in [6.45, 7) is 2.35. The van der Waals surface area contributed by atoms with E-state index in [0.717, 1.165) is 26.1 Å². The van der Waals surface area contributed by atoms with Crippen molar-refractivity contribution in [3.8, 4) is 5.75 Å². The fourth-order valence-corrected chi connectivity index (χ4v) is 1.93. The molecule has 0 amide bonds. The molecule has 1 saturated heterocycles. The summed E-state index contributed by atoms with van der Waals surface area (Å²) < 4.78 is 11.0. The van der Waals surface area contributed by atoms with Gasteiger partial charge in [-0.2, -0.15) is 0 Å². The Bertz CT molecular complexity index is 351. The maximum atomic E-state index is 5.91. The molecule has 16 heavy (non-hydrogen) atoms. The first kappa shape index (κ1) is 11.6. The summed E-state index contributed by atoms with van der Waals surface area (Å²) in [6, 6.07) is 5.46. The second-order valence-electron chi connectivity index (χ2n) is 4.02. The first-order valence-corrected chi connectivity index (χ1v) is 5.89. The lowest BCUT2D eigenvalue weighted by molar-refractivity contribution is 0.0499. The SMILES string of the molecule is Nc1c(Cl)cccc1OCC1CCOCC1. The molecule has 1 aliphatic heterocycles. The van der Waals surface area contributed by atoms with E-state index in [-0.39, 0.29) is 0 Å². The molecule has 1 heterocycles. The van der Waals surface area contributed by atoms with Gasteiger partial charge in [-0.05, 0) is 30.9 Å². The fraction of sp³-hybridized carbons (Fsp3) is 0.500. The molecule has 0 aromatic heterocycles. The Morgan fingerprint density at radius 1 is 1.38 bits per heavy atom. The van der Waals surface area contributed by atoms with Crippen LogP contribution in [0.5, 0.6) is 5.75 Å². The van der Waals surface area contributed by atoms with E-state index in [4.69, 9.17) is 26.8 Å². The molecular formula is C12H16ClNO2. The summed E-state index contributed by atoms with van der Waals surface area (Å²) in [4.78, 5) is 0. The molecule has 2 N–H and O–H groups in total. The van der Waals surface area contributed by atoms with Gasteiger partial charge in [-0.25, -0.2) is 0 Å². The Morgan fingerprint density at radius 2 is 2.12 bits per heavy atom. The lowest BCUT2D eigenvalue weighted by atomic mass is 10.0. The van der Waals surface area contributed by atoms with Crippen molar-refractivity contribution in [3.05, 3.63) is 23.2 Å². The number of benzene rings is 1. The highest BCUT2D eigenvalue weighted by molar-refractivity contribution is 6.33. The van der Waals surface area contributed by atoms with E-state index in [1.807, 2.05) is 12.1 Å². The van der Waals surface area contributed by atoms with Gasteiger partial charge in [0.2, 0.25) is 0 Å². The maximum Gasteiger partial charge on any atom is 0.143 e. The molecule has 3 nitrogen and oxygen atoms in total. The van der Waals surface area contributed by atoms with Gasteiger partial charge in [-0.15, -0.1) is 0 Å². The fourth-order valence-electron chi connectivity index (χ4n) is 1.76. The van der Waals surface area contributed by atoms with Crippen LogP contribution in [0.3, 0.4) is 0 Å². The minimum Gasteiger partial charge on any atom is -0.491 e. The second kappa shape index (κ2) is 5.41. The smallest absolute Gasteiger partial charge is 0.143 e. The Labute approximate surface area is 100 Å². The summed E-state index contributed by atoms with van der Waals surface area (Å²) in [5, 5.41) is 0.546. The van der Waals surface area contributed by atoms with E-state index < -0.39 is 0 Å². The molecule has 1 aromatic rings. The van der Waals surface area contributed by atoms with Crippen LogP contribution < -0.4 is 10.5 Å². The molecule has 88 valence electrons. The predicted molar refractivity (Wildman–Crippen MR) is 64.9 cm³/mol. The van der Waals surface area contributed by atoms with E-state index in [0.29, 0.717) is 29.0 Å². The van der Waals surface area contributed by atoms with Gasteiger partial charge >= 0.3 is 0 Å². The van der Waals surface area contributed by atoms with Crippen LogP contribution in [0.2, 0.25) is 5.02 Å². The van der Waals surface area contributed by atoms with Crippen molar-refractivity contribution in [2.45, 2.75) is 12.8 Å². The number of anilines is 1. The van der Waals surface area contributed by atoms with Crippen LogP contribution in [-0.2, 0) is 4.74 Å². The molecule has 2 rings (SSSR count). The molecule has 1 aromatic carbocycles. The number of para-hydroxylation sites is 1. The van der Waals surface area contributed by atoms with Crippen LogP contribution in [-0.4, -0.2) is 19.8 Å². The predicted octanol–water partition coefficient (Wildman–Crippen LogP) is 2.73. The zero-order valence-corrected chi connectivity index (χ0v) is 9.87. The third-order valence-electron chi connectivity index (χ3n) is 2.83. The van der Waals surface area contributed by atoms with Crippen molar-refractivity contribution in [2.24, 2.45) is 5.92 Å². The van der Waals surface area contributed by atoms with Gasteiger partial charge in [0.15, 0.2) is 0 Å². The highest BCUT2D eigenvalue weighted by atomic mass is 35.5. The molecule has 0 radical (unpaired) electrons. The van der Waals surface area contributed by atoms with Crippen LogP contribution in [0, 0.1) is 5.92 Å². The van der Waals surface area contributed by atoms with Crippen LogP contribution in [0.1, 0.15) is 12.8 Å².